The van der Waals surface area contributed by atoms with Crippen LogP contribution in [-0.4, -0.2) is 48.2 Å². The first-order valence-corrected chi connectivity index (χ1v) is 10.4. The minimum Gasteiger partial charge on any atom is -0.397 e. The molecule has 1 fully saturated rings. The lowest BCUT2D eigenvalue weighted by molar-refractivity contribution is 0.578. The van der Waals surface area contributed by atoms with Crippen LogP contribution in [0.3, 0.4) is 0 Å². The number of imidazole rings is 1. The minimum absolute atomic E-state index is 0.599. The number of nitrogens with one attached hydrogen (secondary N) is 2. The smallest absolute Gasteiger partial charge is 0.159 e. The molecular formula is C22H21N9. The van der Waals surface area contributed by atoms with Gasteiger partial charge in [-0.2, -0.15) is 5.10 Å². The van der Waals surface area contributed by atoms with Crippen molar-refractivity contribution in [2.45, 2.75) is 19.3 Å². The fourth-order valence-electron chi connectivity index (χ4n) is 4.25. The summed E-state index contributed by atoms with van der Waals surface area (Å²) >= 11 is 0. The summed E-state index contributed by atoms with van der Waals surface area (Å²) in [6.07, 6.45) is 12.6. The Morgan fingerprint density at radius 1 is 0.903 bits per heavy atom. The molecule has 0 spiro atoms. The van der Waals surface area contributed by atoms with Gasteiger partial charge in [-0.15, -0.1) is 0 Å². The van der Waals surface area contributed by atoms with E-state index in [9.17, 15) is 0 Å². The number of H-pyrrole nitrogens is 2. The Morgan fingerprint density at radius 2 is 1.77 bits per heavy atom. The van der Waals surface area contributed by atoms with Crippen molar-refractivity contribution in [3.05, 3.63) is 43.1 Å². The molecule has 6 rings (SSSR count). The third kappa shape index (κ3) is 3.05. The van der Waals surface area contributed by atoms with E-state index in [0.717, 1.165) is 57.7 Å². The average Bonchev–Trinajstić information content (AvgIpc) is 3.43. The maximum Gasteiger partial charge on any atom is 0.159 e. The van der Waals surface area contributed by atoms with Crippen LogP contribution in [0.25, 0.3) is 44.7 Å². The second-order valence-electron chi connectivity index (χ2n) is 7.88. The second kappa shape index (κ2) is 7.05. The quantitative estimate of drug-likeness (QED) is 0.415. The van der Waals surface area contributed by atoms with E-state index in [0.29, 0.717) is 11.5 Å². The normalized spacial score (nSPS) is 14.5. The molecule has 1 saturated heterocycles. The molecule has 1 aliphatic rings. The average molecular weight is 411 g/mol. The van der Waals surface area contributed by atoms with Gasteiger partial charge in [0, 0.05) is 36.4 Å². The molecule has 0 amide bonds. The van der Waals surface area contributed by atoms with E-state index < -0.39 is 0 Å². The number of nitrogen functional groups attached to an aromatic ring is 1. The summed E-state index contributed by atoms with van der Waals surface area (Å²) in [6.45, 7) is 2.08. The molecule has 0 unspecified atom stereocenters. The van der Waals surface area contributed by atoms with Gasteiger partial charge in [-0.3, -0.25) is 20.1 Å². The zero-order chi connectivity index (χ0) is 20.8. The number of nitrogens with zero attached hydrogens (tertiary/aromatic N) is 6. The molecule has 31 heavy (non-hydrogen) atoms. The number of rotatable bonds is 3. The van der Waals surface area contributed by atoms with Crippen molar-refractivity contribution in [1.29, 1.82) is 0 Å². The van der Waals surface area contributed by atoms with Crippen molar-refractivity contribution in [2.75, 3.05) is 23.7 Å². The first kappa shape index (κ1) is 17.8. The molecule has 0 saturated carbocycles. The molecule has 0 bridgehead atoms. The van der Waals surface area contributed by atoms with Gasteiger partial charge in [0.2, 0.25) is 0 Å². The second-order valence-corrected chi connectivity index (χ2v) is 7.88. The third-order valence-corrected chi connectivity index (χ3v) is 5.80. The molecule has 154 valence electrons. The van der Waals surface area contributed by atoms with Crippen LogP contribution in [0.2, 0.25) is 0 Å². The highest BCUT2D eigenvalue weighted by Gasteiger charge is 2.19. The van der Waals surface area contributed by atoms with Crippen LogP contribution in [-0.2, 0) is 0 Å². The maximum atomic E-state index is 5.89. The molecule has 0 aromatic carbocycles. The number of hydrogen-bond acceptors (Lipinski definition) is 7. The van der Waals surface area contributed by atoms with Crippen LogP contribution in [0, 0.1) is 0 Å². The van der Waals surface area contributed by atoms with Crippen LogP contribution in [0.1, 0.15) is 19.3 Å². The summed E-state index contributed by atoms with van der Waals surface area (Å²) < 4.78 is 0. The van der Waals surface area contributed by atoms with Gasteiger partial charge in [-0.05, 0) is 31.4 Å². The minimum atomic E-state index is 0.599. The number of aromatic amines is 2. The first-order valence-electron chi connectivity index (χ1n) is 10.4. The molecule has 0 atom stereocenters. The summed E-state index contributed by atoms with van der Waals surface area (Å²) in [4.78, 5) is 23.8. The van der Waals surface area contributed by atoms with Gasteiger partial charge in [-0.25, -0.2) is 4.98 Å². The SMILES string of the molecule is Nc1cncc(-c2cc3c(-c4nc5c(N6CCCCC6)cncc5[nH]4)n[nH]c3cn2)c1. The monoisotopic (exact) mass is 411 g/mol. The predicted molar refractivity (Wildman–Crippen MR) is 120 cm³/mol. The highest BCUT2D eigenvalue weighted by atomic mass is 15.2. The summed E-state index contributed by atoms with van der Waals surface area (Å²) in [5, 5.41) is 8.51. The molecule has 4 N–H and O–H groups in total. The van der Waals surface area contributed by atoms with E-state index in [1.807, 2.05) is 24.5 Å². The number of fused-ring (bicyclic) bond motifs is 2. The standard InChI is InChI=1S/C22H21N9/c23-14-6-13(8-24-9-14)16-7-15-17(11-26-16)29-30-20(15)22-27-18-10-25-12-19(21(18)28-22)31-4-2-1-3-5-31/h6-12H,1-5,23H2,(H,27,28)(H,29,30). The van der Waals surface area contributed by atoms with E-state index in [1.165, 1.54) is 19.3 Å². The molecule has 5 aromatic rings. The zero-order valence-electron chi connectivity index (χ0n) is 16.8. The van der Waals surface area contributed by atoms with Crippen molar-refractivity contribution >= 4 is 33.3 Å². The van der Waals surface area contributed by atoms with Crippen LogP contribution < -0.4 is 10.6 Å². The number of piperidine rings is 1. The molecule has 9 nitrogen and oxygen atoms in total. The number of pyridine rings is 3. The van der Waals surface area contributed by atoms with E-state index in [2.05, 4.69) is 35.0 Å². The molecule has 1 aliphatic heterocycles. The number of nitrogens with two attached hydrogens (primary N) is 1. The number of hydrogen-bond donors (Lipinski definition) is 3. The molecular weight excluding hydrogens is 390 g/mol. The fraction of sp³-hybridized carbons (Fsp3) is 0.227. The Bertz CT molecular complexity index is 1390. The Morgan fingerprint density at radius 3 is 2.65 bits per heavy atom. The zero-order valence-corrected chi connectivity index (χ0v) is 16.8. The van der Waals surface area contributed by atoms with Gasteiger partial charge in [0.25, 0.3) is 0 Å². The van der Waals surface area contributed by atoms with Gasteiger partial charge < -0.3 is 15.6 Å². The molecule has 9 heteroatoms. The molecule has 5 aromatic heterocycles. The highest BCUT2D eigenvalue weighted by molar-refractivity contribution is 5.96. The largest absolute Gasteiger partial charge is 0.397 e. The molecule has 6 heterocycles. The van der Waals surface area contributed by atoms with Crippen LogP contribution in [0.4, 0.5) is 11.4 Å². The number of aromatic nitrogens is 7. The van der Waals surface area contributed by atoms with Crippen LogP contribution in [0.5, 0.6) is 0 Å². The van der Waals surface area contributed by atoms with Gasteiger partial charge >= 0.3 is 0 Å². The van der Waals surface area contributed by atoms with Gasteiger partial charge in [0.05, 0.1) is 46.7 Å². The van der Waals surface area contributed by atoms with Crippen molar-refractivity contribution in [3.63, 3.8) is 0 Å². The Kier molecular flexibility index (Phi) is 4.05. The summed E-state index contributed by atoms with van der Waals surface area (Å²) in [5.41, 5.74) is 12.6. The lowest BCUT2D eigenvalue weighted by Gasteiger charge is -2.28. The summed E-state index contributed by atoms with van der Waals surface area (Å²) in [7, 11) is 0. The molecule has 0 radical (unpaired) electrons. The van der Waals surface area contributed by atoms with Crippen molar-refractivity contribution in [2.24, 2.45) is 0 Å². The van der Waals surface area contributed by atoms with E-state index in [-0.39, 0.29) is 0 Å². The van der Waals surface area contributed by atoms with E-state index >= 15 is 0 Å². The summed E-state index contributed by atoms with van der Waals surface area (Å²) in [5.74, 6) is 0.704. The fourth-order valence-corrected chi connectivity index (χ4v) is 4.25. The Balaban J connectivity index is 1.46. The third-order valence-electron chi connectivity index (χ3n) is 5.80. The van der Waals surface area contributed by atoms with Crippen LogP contribution in [0.15, 0.2) is 43.1 Å². The van der Waals surface area contributed by atoms with Crippen LogP contribution >= 0.6 is 0 Å². The topological polar surface area (TPSA) is 125 Å². The van der Waals surface area contributed by atoms with Gasteiger partial charge in [0.15, 0.2) is 5.82 Å². The Hall–Kier alpha value is -4.01. The van der Waals surface area contributed by atoms with Gasteiger partial charge in [0.1, 0.15) is 11.2 Å². The Labute approximate surface area is 177 Å². The van der Waals surface area contributed by atoms with Crippen molar-refractivity contribution in [3.8, 4) is 22.8 Å². The van der Waals surface area contributed by atoms with Gasteiger partial charge in [-0.1, -0.05) is 0 Å². The van der Waals surface area contributed by atoms with E-state index in [4.69, 9.17) is 10.7 Å². The summed E-state index contributed by atoms with van der Waals surface area (Å²) in [6, 6.07) is 3.85. The predicted octanol–water partition coefficient (Wildman–Crippen LogP) is 3.53. The first-order chi connectivity index (χ1) is 15.3. The van der Waals surface area contributed by atoms with E-state index in [1.54, 1.807) is 18.6 Å². The molecule has 0 aliphatic carbocycles. The lowest BCUT2D eigenvalue weighted by atomic mass is 10.1. The highest BCUT2D eigenvalue weighted by Crippen LogP contribution is 2.32. The number of anilines is 2. The lowest BCUT2D eigenvalue weighted by Crippen LogP contribution is -2.29. The maximum absolute atomic E-state index is 5.89. The van der Waals surface area contributed by atoms with Crippen molar-refractivity contribution < 1.29 is 0 Å². The van der Waals surface area contributed by atoms with Crippen molar-refractivity contribution in [1.82, 2.24) is 35.1 Å².